The molecule has 134 valence electrons. The Morgan fingerprint density at radius 2 is 1.77 bits per heavy atom. The normalized spacial score (nSPS) is 36.2. The summed E-state index contributed by atoms with van der Waals surface area (Å²) in [4.78, 5) is 41.1. The molecule has 2 bridgehead atoms. The Labute approximate surface area is 156 Å². The smallest absolute Gasteiger partial charge is 0.235 e. The number of hydrogen-bond acceptors (Lipinski definition) is 3. The van der Waals surface area contributed by atoms with Crippen LogP contribution >= 0.6 is 11.6 Å². The summed E-state index contributed by atoms with van der Waals surface area (Å²) in [7, 11) is 0. The number of imide groups is 1. The molecule has 1 saturated heterocycles. The van der Waals surface area contributed by atoms with Crippen molar-refractivity contribution in [3.63, 3.8) is 0 Å². The summed E-state index contributed by atoms with van der Waals surface area (Å²) in [6.45, 7) is 1.38. The maximum absolute atomic E-state index is 13.1. The fraction of sp³-hybridized carbons (Fsp3) is 0.450. The van der Waals surface area contributed by atoms with Gasteiger partial charge in [-0.05, 0) is 48.3 Å². The monoisotopic (exact) mass is 370 g/mol. The van der Waals surface area contributed by atoms with Gasteiger partial charge in [0.1, 0.15) is 6.67 Å². The van der Waals surface area contributed by atoms with E-state index in [1.807, 2.05) is 0 Å². The quantitative estimate of drug-likeness (QED) is 0.607. The van der Waals surface area contributed by atoms with E-state index in [1.165, 1.54) is 16.7 Å². The van der Waals surface area contributed by atoms with Crippen LogP contribution in [0.4, 0.5) is 5.69 Å². The number of rotatable bonds is 3. The van der Waals surface area contributed by atoms with Crippen molar-refractivity contribution in [2.24, 2.45) is 35.5 Å². The maximum Gasteiger partial charge on any atom is 0.235 e. The van der Waals surface area contributed by atoms with Gasteiger partial charge in [0, 0.05) is 17.6 Å². The van der Waals surface area contributed by atoms with Crippen LogP contribution in [0.2, 0.25) is 5.02 Å². The minimum Gasteiger partial charge on any atom is -0.294 e. The lowest BCUT2D eigenvalue weighted by molar-refractivity contribution is -0.140. The average molecular weight is 371 g/mol. The lowest BCUT2D eigenvalue weighted by atomic mass is 9.63. The standard InChI is InChI=1S/C20H19ClN2O3/c1-10(24)22(12-4-2-3-11(21)7-12)9-23-19(25)17-13-5-6-14(16-8-15(13)16)18(17)20(23)26/h2-7,13-18H,8-9H2,1H3/t13-,14-,15-,16-,17-,18+/m0/s1. The number of carbonyl (C=O) groups excluding carboxylic acids is 3. The second-order valence-electron chi connectivity index (χ2n) is 7.83. The third-order valence-electron chi connectivity index (χ3n) is 6.54. The van der Waals surface area contributed by atoms with Gasteiger partial charge in [0.2, 0.25) is 17.7 Å². The highest BCUT2D eigenvalue weighted by molar-refractivity contribution is 6.30. The Hall–Kier alpha value is -2.14. The van der Waals surface area contributed by atoms with Crippen LogP contribution in [-0.4, -0.2) is 29.3 Å². The Morgan fingerprint density at radius 1 is 1.15 bits per heavy atom. The van der Waals surface area contributed by atoms with Crippen molar-refractivity contribution in [1.82, 2.24) is 4.90 Å². The second-order valence-corrected chi connectivity index (χ2v) is 8.26. The fourth-order valence-electron chi connectivity index (χ4n) is 5.31. The first-order valence-corrected chi connectivity index (χ1v) is 9.42. The first-order valence-electron chi connectivity index (χ1n) is 9.04. The zero-order valence-corrected chi connectivity index (χ0v) is 15.1. The van der Waals surface area contributed by atoms with E-state index in [0.717, 1.165) is 6.42 Å². The number of hydrogen-bond donors (Lipinski definition) is 0. The van der Waals surface area contributed by atoms with E-state index < -0.39 is 0 Å². The lowest BCUT2D eigenvalue weighted by Gasteiger charge is -2.37. The van der Waals surface area contributed by atoms with Gasteiger partial charge in [0.05, 0.1) is 11.8 Å². The first-order chi connectivity index (χ1) is 12.5. The van der Waals surface area contributed by atoms with Crippen molar-refractivity contribution in [2.75, 3.05) is 11.6 Å². The van der Waals surface area contributed by atoms with Gasteiger partial charge in [0.25, 0.3) is 0 Å². The van der Waals surface area contributed by atoms with E-state index in [2.05, 4.69) is 12.2 Å². The summed E-state index contributed by atoms with van der Waals surface area (Å²) in [6, 6.07) is 6.89. The highest BCUT2D eigenvalue weighted by atomic mass is 35.5. The van der Waals surface area contributed by atoms with Gasteiger partial charge in [0.15, 0.2) is 0 Å². The van der Waals surface area contributed by atoms with Crippen LogP contribution in [0.25, 0.3) is 0 Å². The Morgan fingerprint density at radius 3 is 2.31 bits per heavy atom. The molecule has 1 heterocycles. The Balaban J connectivity index is 1.45. The van der Waals surface area contributed by atoms with Crippen molar-refractivity contribution in [3.8, 4) is 0 Å². The summed E-state index contributed by atoms with van der Waals surface area (Å²) < 4.78 is 0. The van der Waals surface area contributed by atoms with Gasteiger partial charge in [-0.3, -0.25) is 24.2 Å². The van der Waals surface area contributed by atoms with Crippen molar-refractivity contribution < 1.29 is 14.4 Å². The predicted octanol–water partition coefficient (Wildman–Crippen LogP) is 2.70. The molecule has 3 fully saturated rings. The molecule has 0 radical (unpaired) electrons. The molecule has 5 nitrogen and oxygen atoms in total. The van der Waals surface area contributed by atoms with Gasteiger partial charge in [-0.2, -0.15) is 0 Å². The number of halogens is 1. The molecular formula is C20H19ClN2O3. The summed E-state index contributed by atoms with van der Waals surface area (Å²) in [5.41, 5.74) is 0.587. The van der Waals surface area contributed by atoms with E-state index in [-0.39, 0.29) is 48.1 Å². The molecule has 0 N–H and O–H groups in total. The lowest BCUT2D eigenvalue weighted by Crippen LogP contribution is -2.44. The van der Waals surface area contributed by atoms with E-state index >= 15 is 0 Å². The fourth-order valence-corrected chi connectivity index (χ4v) is 5.49. The second kappa shape index (κ2) is 5.43. The van der Waals surface area contributed by atoms with Crippen LogP contribution < -0.4 is 4.90 Å². The molecule has 1 aromatic carbocycles. The minimum atomic E-state index is -0.241. The number of likely N-dealkylation sites (tertiary alicyclic amines) is 1. The number of benzene rings is 1. The molecule has 0 spiro atoms. The molecule has 26 heavy (non-hydrogen) atoms. The molecule has 1 aliphatic heterocycles. The topological polar surface area (TPSA) is 57.7 Å². The minimum absolute atomic E-state index is 0.0465. The van der Waals surface area contributed by atoms with Crippen molar-refractivity contribution in [3.05, 3.63) is 41.4 Å². The summed E-state index contributed by atoms with van der Waals surface area (Å²) in [6.07, 6.45) is 5.43. The SMILES string of the molecule is CC(=O)N(CN1C(=O)[C@@H]2[C@H]3C=C[C@@H]([C@@H]4C[C@@H]34)[C@@H]2C1=O)c1cccc(Cl)c1. The van der Waals surface area contributed by atoms with Crippen LogP contribution in [0.3, 0.4) is 0 Å². The summed E-state index contributed by atoms with van der Waals surface area (Å²) in [5, 5.41) is 0.504. The van der Waals surface area contributed by atoms with Crippen LogP contribution in [0, 0.1) is 35.5 Å². The van der Waals surface area contributed by atoms with Crippen molar-refractivity contribution in [1.29, 1.82) is 0 Å². The Kier molecular flexibility index (Phi) is 3.35. The molecule has 3 amide bonds. The van der Waals surface area contributed by atoms with E-state index in [0.29, 0.717) is 22.5 Å². The first kappa shape index (κ1) is 16.1. The molecular weight excluding hydrogens is 352 g/mol. The van der Waals surface area contributed by atoms with E-state index in [4.69, 9.17) is 11.6 Å². The van der Waals surface area contributed by atoms with Gasteiger partial charge in [-0.15, -0.1) is 0 Å². The summed E-state index contributed by atoms with van der Waals surface area (Å²) in [5.74, 6) is 0.549. The molecule has 6 atom stereocenters. The number of carbonyl (C=O) groups is 3. The molecule has 5 aliphatic rings. The van der Waals surface area contributed by atoms with Gasteiger partial charge in [-0.25, -0.2) is 0 Å². The molecule has 6 rings (SSSR count). The molecule has 2 saturated carbocycles. The highest BCUT2D eigenvalue weighted by Crippen LogP contribution is 2.65. The predicted molar refractivity (Wildman–Crippen MR) is 96.0 cm³/mol. The van der Waals surface area contributed by atoms with Crippen molar-refractivity contribution in [2.45, 2.75) is 13.3 Å². The molecule has 0 aromatic heterocycles. The zero-order valence-electron chi connectivity index (χ0n) is 14.3. The number of amides is 3. The van der Waals surface area contributed by atoms with E-state index in [9.17, 15) is 14.4 Å². The highest BCUT2D eigenvalue weighted by Gasteiger charge is 2.67. The maximum atomic E-state index is 13.1. The largest absolute Gasteiger partial charge is 0.294 e. The molecule has 4 aliphatic carbocycles. The average Bonchev–Trinajstić information content (AvgIpc) is 3.39. The Bertz CT molecular complexity index is 830. The third kappa shape index (κ3) is 2.13. The van der Waals surface area contributed by atoms with Crippen LogP contribution in [0.5, 0.6) is 0 Å². The zero-order chi connectivity index (χ0) is 18.2. The van der Waals surface area contributed by atoms with E-state index in [1.54, 1.807) is 24.3 Å². The van der Waals surface area contributed by atoms with Crippen LogP contribution in [0.1, 0.15) is 13.3 Å². The molecule has 6 heteroatoms. The number of anilines is 1. The van der Waals surface area contributed by atoms with Gasteiger partial charge >= 0.3 is 0 Å². The van der Waals surface area contributed by atoms with Gasteiger partial charge < -0.3 is 0 Å². The number of allylic oxidation sites excluding steroid dienone is 2. The van der Waals surface area contributed by atoms with Crippen molar-refractivity contribution >= 4 is 35.0 Å². The third-order valence-corrected chi connectivity index (χ3v) is 6.77. The molecule has 1 aromatic rings. The van der Waals surface area contributed by atoms with Gasteiger partial charge in [-0.1, -0.05) is 29.8 Å². The number of nitrogens with zero attached hydrogens (tertiary/aromatic N) is 2. The molecule has 0 unspecified atom stereocenters. The summed E-state index contributed by atoms with van der Waals surface area (Å²) >= 11 is 6.04. The van der Waals surface area contributed by atoms with Crippen LogP contribution in [0.15, 0.2) is 36.4 Å². The van der Waals surface area contributed by atoms with Crippen LogP contribution in [-0.2, 0) is 14.4 Å².